The van der Waals surface area contributed by atoms with Crippen LogP contribution in [0.2, 0.25) is 0 Å². The van der Waals surface area contributed by atoms with Crippen molar-refractivity contribution in [1.29, 1.82) is 0 Å². The molecule has 1 unspecified atom stereocenters. The van der Waals surface area contributed by atoms with E-state index < -0.39 is 0 Å². The van der Waals surface area contributed by atoms with Gasteiger partial charge in [-0.2, -0.15) is 5.10 Å². The Morgan fingerprint density at radius 1 is 1.56 bits per heavy atom. The quantitative estimate of drug-likeness (QED) is 0.744. The van der Waals surface area contributed by atoms with Gasteiger partial charge in [-0.05, 0) is 26.3 Å². The van der Waals surface area contributed by atoms with Crippen LogP contribution >= 0.6 is 11.8 Å². The van der Waals surface area contributed by atoms with Crippen molar-refractivity contribution in [2.24, 2.45) is 7.05 Å². The van der Waals surface area contributed by atoms with Crippen LogP contribution < -0.4 is 5.32 Å². The summed E-state index contributed by atoms with van der Waals surface area (Å²) in [6.07, 6.45) is 0.927. The van der Waals surface area contributed by atoms with Gasteiger partial charge in [0.25, 0.3) is 0 Å². The molecular weight excluding hydrogens is 246 g/mol. The van der Waals surface area contributed by atoms with E-state index in [1.807, 2.05) is 18.7 Å². The molecule has 0 saturated heterocycles. The third-order valence-corrected chi connectivity index (χ3v) is 3.94. The topological polar surface area (TPSA) is 50.1 Å². The summed E-state index contributed by atoms with van der Waals surface area (Å²) >= 11 is 1.79. The van der Waals surface area contributed by atoms with E-state index in [0.29, 0.717) is 6.04 Å². The van der Waals surface area contributed by atoms with Gasteiger partial charge in [0.2, 0.25) is 0 Å². The van der Waals surface area contributed by atoms with Gasteiger partial charge in [-0.25, -0.2) is 0 Å². The molecule has 0 aliphatic heterocycles. The number of aromatic nitrogens is 2. The normalized spacial score (nSPS) is 15.1. The van der Waals surface area contributed by atoms with Gasteiger partial charge in [0.05, 0.1) is 17.3 Å². The molecule has 0 fully saturated rings. The summed E-state index contributed by atoms with van der Waals surface area (Å²) in [5.41, 5.74) is 0.847. The molecule has 0 radical (unpaired) electrons. The molecule has 2 N–H and O–H groups in total. The number of hydrogen-bond acceptors (Lipinski definition) is 4. The van der Waals surface area contributed by atoms with Crippen LogP contribution in [0.1, 0.15) is 32.9 Å². The first-order valence-electron chi connectivity index (χ1n) is 6.38. The van der Waals surface area contributed by atoms with E-state index in [2.05, 4.69) is 37.3 Å². The fraction of sp³-hybridized carbons (Fsp3) is 0.769. The van der Waals surface area contributed by atoms with Crippen molar-refractivity contribution >= 4 is 11.8 Å². The highest BCUT2D eigenvalue weighted by molar-refractivity contribution is 7.99. The number of hydrogen-bond donors (Lipinski definition) is 2. The number of aliphatic hydroxyl groups excluding tert-OH is 1. The molecule has 0 aliphatic carbocycles. The number of rotatable bonds is 7. The van der Waals surface area contributed by atoms with Gasteiger partial charge in [0.1, 0.15) is 0 Å². The molecule has 1 aromatic rings. The fourth-order valence-electron chi connectivity index (χ4n) is 2.00. The lowest BCUT2D eigenvalue weighted by molar-refractivity contribution is 0.162. The molecule has 1 atom stereocenters. The molecule has 104 valence electrons. The maximum Gasteiger partial charge on any atom is 0.0939 e. The molecule has 0 bridgehead atoms. The van der Waals surface area contributed by atoms with Crippen molar-refractivity contribution in [2.75, 3.05) is 12.4 Å². The second-order valence-corrected chi connectivity index (χ2v) is 6.48. The van der Waals surface area contributed by atoms with E-state index in [0.717, 1.165) is 17.9 Å². The zero-order valence-electron chi connectivity index (χ0n) is 12.0. The molecule has 0 amide bonds. The van der Waals surface area contributed by atoms with Gasteiger partial charge in [0.15, 0.2) is 0 Å². The number of aryl methyl sites for hydroxylation is 2. The second kappa shape index (κ2) is 6.59. The number of thioether (sulfide) groups is 1. The maximum atomic E-state index is 9.50. The first-order valence-corrected chi connectivity index (χ1v) is 7.37. The minimum atomic E-state index is -0.200. The molecule has 0 saturated carbocycles. The summed E-state index contributed by atoms with van der Waals surface area (Å²) in [6, 6.07) is 2.47. The average Bonchev–Trinajstić information content (AvgIpc) is 2.56. The van der Waals surface area contributed by atoms with Crippen LogP contribution in [0.15, 0.2) is 11.1 Å². The number of nitrogens with one attached hydrogen (secondary N) is 1. The van der Waals surface area contributed by atoms with Crippen LogP contribution in [0.5, 0.6) is 0 Å². The highest BCUT2D eigenvalue weighted by atomic mass is 32.2. The molecule has 5 heteroatoms. The van der Waals surface area contributed by atoms with Crippen LogP contribution in [0.4, 0.5) is 0 Å². The minimum Gasteiger partial charge on any atom is -0.394 e. The average molecular weight is 271 g/mol. The predicted molar refractivity (Wildman–Crippen MR) is 77.0 cm³/mol. The molecule has 18 heavy (non-hydrogen) atoms. The van der Waals surface area contributed by atoms with Gasteiger partial charge in [-0.15, -0.1) is 11.8 Å². The van der Waals surface area contributed by atoms with E-state index in [1.165, 1.54) is 5.03 Å². The standard InChI is InChI=1S/C13H25N3OS/c1-10(2)14-13(4,9-17)6-7-18-12-8-11(3)15-16(12)5/h8,10,14,17H,6-7,9H2,1-5H3. The van der Waals surface area contributed by atoms with E-state index >= 15 is 0 Å². The Morgan fingerprint density at radius 3 is 2.67 bits per heavy atom. The van der Waals surface area contributed by atoms with Crippen molar-refractivity contribution in [3.63, 3.8) is 0 Å². The Kier molecular flexibility index (Phi) is 5.69. The van der Waals surface area contributed by atoms with Crippen LogP contribution in [0, 0.1) is 6.92 Å². The molecule has 0 aliphatic rings. The summed E-state index contributed by atoms with van der Waals surface area (Å²) in [4.78, 5) is 0. The summed E-state index contributed by atoms with van der Waals surface area (Å²) in [7, 11) is 1.97. The lowest BCUT2D eigenvalue weighted by Crippen LogP contribution is -2.49. The molecule has 1 aromatic heterocycles. The molecule has 1 rings (SSSR count). The molecule has 4 nitrogen and oxygen atoms in total. The Labute approximate surface area is 114 Å². The first kappa shape index (κ1) is 15.5. The summed E-state index contributed by atoms with van der Waals surface area (Å²) < 4.78 is 1.91. The van der Waals surface area contributed by atoms with Crippen molar-refractivity contribution in [3.05, 3.63) is 11.8 Å². The van der Waals surface area contributed by atoms with Gasteiger partial charge in [0, 0.05) is 24.4 Å². The van der Waals surface area contributed by atoms with E-state index in [-0.39, 0.29) is 12.1 Å². The Bertz CT molecular complexity index is 378. The van der Waals surface area contributed by atoms with Crippen LogP contribution in [-0.4, -0.2) is 38.8 Å². The zero-order valence-corrected chi connectivity index (χ0v) is 12.8. The number of nitrogens with zero attached hydrogens (tertiary/aromatic N) is 2. The highest BCUT2D eigenvalue weighted by Crippen LogP contribution is 2.22. The zero-order chi connectivity index (χ0) is 13.8. The smallest absolute Gasteiger partial charge is 0.0939 e. The SMILES string of the molecule is Cc1cc(SCCC(C)(CO)NC(C)C)n(C)n1. The van der Waals surface area contributed by atoms with Crippen molar-refractivity contribution < 1.29 is 5.11 Å². The Hall–Kier alpha value is -0.520. The van der Waals surface area contributed by atoms with Gasteiger partial charge in [-0.3, -0.25) is 4.68 Å². The van der Waals surface area contributed by atoms with Crippen molar-refractivity contribution in [2.45, 2.75) is 50.7 Å². The van der Waals surface area contributed by atoms with Crippen LogP contribution in [0.25, 0.3) is 0 Å². The minimum absolute atomic E-state index is 0.163. The van der Waals surface area contributed by atoms with Gasteiger partial charge >= 0.3 is 0 Å². The first-order chi connectivity index (χ1) is 8.36. The molecular formula is C13H25N3OS. The van der Waals surface area contributed by atoms with E-state index in [4.69, 9.17) is 0 Å². The summed E-state index contributed by atoms with van der Waals surface area (Å²) in [5.74, 6) is 0.968. The predicted octanol–water partition coefficient (Wildman–Crippen LogP) is 1.96. The second-order valence-electron chi connectivity index (χ2n) is 5.36. The maximum absolute atomic E-state index is 9.50. The van der Waals surface area contributed by atoms with Crippen LogP contribution in [-0.2, 0) is 7.05 Å². The Morgan fingerprint density at radius 2 is 2.22 bits per heavy atom. The third-order valence-electron chi connectivity index (χ3n) is 2.85. The fourth-order valence-corrected chi connectivity index (χ4v) is 3.24. The van der Waals surface area contributed by atoms with Crippen LogP contribution in [0.3, 0.4) is 0 Å². The summed E-state index contributed by atoms with van der Waals surface area (Å²) in [6.45, 7) is 8.44. The monoisotopic (exact) mass is 271 g/mol. The highest BCUT2D eigenvalue weighted by Gasteiger charge is 2.23. The van der Waals surface area contributed by atoms with Gasteiger partial charge < -0.3 is 10.4 Å². The van der Waals surface area contributed by atoms with E-state index in [1.54, 1.807) is 11.8 Å². The number of aliphatic hydroxyl groups is 1. The Balaban J connectivity index is 2.46. The lowest BCUT2D eigenvalue weighted by Gasteiger charge is -2.31. The lowest BCUT2D eigenvalue weighted by atomic mass is 9.99. The largest absolute Gasteiger partial charge is 0.394 e. The van der Waals surface area contributed by atoms with Gasteiger partial charge in [-0.1, -0.05) is 13.8 Å². The third kappa shape index (κ3) is 4.63. The summed E-state index contributed by atoms with van der Waals surface area (Å²) in [5, 5.41) is 18.4. The van der Waals surface area contributed by atoms with E-state index in [9.17, 15) is 5.11 Å². The van der Waals surface area contributed by atoms with Crippen molar-refractivity contribution in [3.8, 4) is 0 Å². The molecule has 0 spiro atoms. The molecule has 0 aromatic carbocycles. The molecule has 1 heterocycles. The van der Waals surface area contributed by atoms with Crippen molar-refractivity contribution in [1.82, 2.24) is 15.1 Å².